The third-order valence-corrected chi connectivity index (χ3v) is 5.18. The zero-order valence-corrected chi connectivity index (χ0v) is 16.8. The lowest BCUT2D eigenvalue weighted by Crippen LogP contribution is -2.52. The number of carbonyl (C=O) groups excluding carboxylic acids is 2. The number of carboxylic acid groups (broad SMARTS) is 1. The van der Waals surface area contributed by atoms with Crippen molar-refractivity contribution in [1.29, 1.82) is 0 Å². The third-order valence-electron chi connectivity index (χ3n) is 4.14. The van der Waals surface area contributed by atoms with Crippen molar-refractivity contribution in [3.05, 3.63) is 0 Å². The van der Waals surface area contributed by atoms with Crippen molar-refractivity contribution in [2.24, 2.45) is 5.73 Å². The maximum Gasteiger partial charge on any atom is 0.410 e. The molecule has 0 aliphatic carbocycles. The van der Waals surface area contributed by atoms with Gasteiger partial charge >= 0.3 is 18.0 Å². The number of rotatable bonds is 8. The Balaban J connectivity index is 2.91. The summed E-state index contributed by atoms with van der Waals surface area (Å²) in [7, 11) is 1.31. The summed E-state index contributed by atoms with van der Waals surface area (Å²) < 4.78 is 10.3. The van der Waals surface area contributed by atoms with Gasteiger partial charge in [-0.2, -0.15) is 0 Å². The average Bonchev–Trinajstić information content (AvgIpc) is 2.88. The van der Waals surface area contributed by atoms with Crippen LogP contribution in [0.2, 0.25) is 0 Å². The molecule has 0 aromatic rings. The molecule has 1 unspecified atom stereocenters. The van der Waals surface area contributed by atoms with Crippen LogP contribution < -0.4 is 5.73 Å². The second kappa shape index (κ2) is 9.45. The number of carboxylic acids is 1. The number of ether oxygens (including phenoxy) is 2. The molecule has 0 saturated carbocycles. The van der Waals surface area contributed by atoms with Gasteiger partial charge < -0.3 is 25.2 Å². The summed E-state index contributed by atoms with van der Waals surface area (Å²) in [5, 5.41) is 8.35. The first-order valence-corrected chi connectivity index (χ1v) is 9.70. The van der Waals surface area contributed by atoms with Gasteiger partial charge in [0.2, 0.25) is 0 Å². The highest BCUT2D eigenvalue weighted by Crippen LogP contribution is 2.39. The standard InChI is InChI=1S/C17H30N2O6S/c1-16(2,3)25-15(23)19-8-5-7-17(19,11-14(22)24-4)10-12(18)26-9-6-13(20)21/h12H,5-11,18H2,1-4H3,(H,20,21)/t12?,17-/m1/s1. The van der Waals surface area contributed by atoms with E-state index in [0.29, 0.717) is 25.1 Å². The number of thioether (sulfide) groups is 1. The molecule has 9 heteroatoms. The van der Waals surface area contributed by atoms with Crippen LogP contribution in [0.4, 0.5) is 4.79 Å². The predicted octanol–water partition coefficient (Wildman–Crippen LogP) is 2.20. The molecule has 1 aliphatic rings. The van der Waals surface area contributed by atoms with E-state index < -0.39 is 34.5 Å². The second-order valence-electron chi connectivity index (χ2n) is 7.47. The molecule has 1 amide bonds. The van der Waals surface area contributed by atoms with E-state index in [0.717, 1.165) is 6.42 Å². The van der Waals surface area contributed by atoms with Gasteiger partial charge in [-0.15, -0.1) is 11.8 Å². The van der Waals surface area contributed by atoms with Crippen molar-refractivity contribution < 1.29 is 29.0 Å². The molecule has 26 heavy (non-hydrogen) atoms. The van der Waals surface area contributed by atoms with Gasteiger partial charge in [-0.1, -0.05) is 0 Å². The Kier molecular flexibility index (Phi) is 8.20. The fourth-order valence-corrected chi connectivity index (χ4v) is 4.10. The summed E-state index contributed by atoms with van der Waals surface area (Å²) in [5.41, 5.74) is 4.75. The molecule has 150 valence electrons. The number of likely N-dealkylation sites (tertiary alicyclic amines) is 1. The third kappa shape index (κ3) is 7.03. The Bertz CT molecular complexity index is 522. The lowest BCUT2D eigenvalue weighted by Gasteiger charge is -2.40. The van der Waals surface area contributed by atoms with Gasteiger partial charge in [0.1, 0.15) is 5.60 Å². The fraction of sp³-hybridized carbons (Fsp3) is 0.824. The molecule has 1 fully saturated rings. The number of hydrogen-bond acceptors (Lipinski definition) is 7. The lowest BCUT2D eigenvalue weighted by atomic mass is 9.88. The molecule has 8 nitrogen and oxygen atoms in total. The number of nitrogens with two attached hydrogens (primary N) is 1. The van der Waals surface area contributed by atoms with Crippen molar-refractivity contribution in [3.8, 4) is 0 Å². The number of hydrogen-bond donors (Lipinski definition) is 2. The van der Waals surface area contributed by atoms with Crippen LogP contribution in [0.5, 0.6) is 0 Å². The van der Waals surface area contributed by atoms with Crippen LogP contribution in [-0.4, -0.2) is 64.0 Å². The van der Waals surface area contributed by atoms with Gasteiger partial charge in [0.25, 0.3) is 0 Å². The van der Waals surface area contributed by atoms with Crippen molar-refractivity contribution in [1.82, 2.24) is 4.90 Å². The van der Waals surface area contributed by atoms with E-state index in [9.17, 15) is 14.4 Å². The van der Waals surface area contributed by atoms with Gasteiger partial charge in [-0.25, -0.2) is 4.79 Å². The van der Waals surface area contributed by atoms with Crippen molar-refractivity contribution in [3.63, 3.8) is 0 Å². The summed E-state index contributed by atoms with van der Waals surface area (Å²) in [6.07, 6.45) is 1.30. The first-order chi connectivity index (χ1) is 12.0. The highest BCUT2D eigenvalue weighted by Gasteiger charge is 2.47. The van der Waals surface area contributed by atoms with Gasteiger partial charge in [-0.05, 0) is 40.0 Å². The molecule has 1 aliphatic heterocycles. The summed E-state index contributed by atoms with van der Waals surface area (Å²) >= 11 is 1.32. The Labute approximate surface area is 158 Å². The maximum atomic E-state index is 12.7. The first-order valence-electron chi connectivity index (χ1n) is 8.65. The molecule has 2 atom stereocenters. The van der Waals surface area contributed by atoms with Crippen molar-refractivity contribution in [2.75, 3.05) is 19.4 Å². The van der Waals surface area contributed by atoms with Crippen LogP contribution in [0.15, 0.2) is 0 Å². The normalized spacial score (nSPS) is 21.3. The quantitative estimate of drug-likeness (QED) is 0.478. The molecule has 1 rings (SSSR count). The van der Waals surface area contributed by atoms with Crippen LogP contribution in [0, 0.1) is 0 Å². The number of methoxy groups -OCH3 is 1. The molecule has 0 bridgehead atoms. The summed E-state index contributed by atoms with van der Waals surface area (Å²) in [6.45, 7) is 5.85. The van der Waals surface area contributed by atoms with Crippen molar-refractivity contribution in [2.45, 2.75) is 69.4 Å². The number of aliphatic carboxylic acids is 1. The van der Waals surface area contributed by atoms with Gasteiger partial charge in [0, 0.05) is 12.3 Å². The Morgan fingerprint density at radius 2 is 2.00 bits per heavy atom. The van der Waals surface area contributed by atoms with Crippen LogP contribution in [0.3, 0.4) is 0 Å². The lowest BCUT2D eigenvalue weighted by molar-refractivity contribution is -0.143. The van der Waals surface area contributed by atoms with Crippen LogP contribution in [-0.2, 0) is 19.1 Å². The highest BCUT2D eigenvalue weighted by atomic mass is 32.2. The SMILES string of the molecule is COC(=O)C[C@]1(CC(N)SCCC(=O)O)CCCN1C(=O)OC(C)(C)C. The van der Waals surface area contributed by atoms with Gasteiger partial charge in [-0.3, -0.25) is 9.59 Å². The van der Waals surface area contributed by atoms with Gasteiger partial charge in [0.15, 0.2) is 0 Å². The number of esters is 1. The first kappa shape index (κ1) is 22.6. The number of carbonyl (C=O) groups is 3. The molecule has 0 spiro atoms. The highest BCUT2D eigenvalue weighted by molar-refractivity contribution is 7.99. The van der Waals surface area contributed by atoms with Crippen molar-refractivity contribution >= 4 is 29.8 Å². The van der Waals surface area contributed by atoms with Crippen LogP contribution >= 0.6 is 11.8 Å². The maximum absolute atomic E-state index is 12.7. The van der Waals surface area contributed by atoms with Crippen LogP contribution in [0.25, 0.3) is 0 Å². The molecule has 1 saturated heterocycles. The van der Waals surface area contributed by atoms with Gasteiger partial charge in [0.05, 0.1) is 30.9 Å². The van der Waals surface area contributed by atoms with E-state index in [1.165, 1.54) is 18.9 Å². The number of amides is 1. The molecule has 0 radical (unpaired) electrons. The smallest absolute Gasteiger partial charge is 0.410 e. The molecule has 0 aromatic carbocycles. The largest absolute Gasteiger partial charge is 0.481 e. The average molecular weight is 391 g/mol. The summed E-state index contributed by atoms with van der Waals surface area (Å²) in [6, 6.07) is 0. The van der Waals surface area contributed by atoms with Crippen LogP contribution in [0.1, 0.15) is 52.9 Å². The van der Waals surface area contributed by atoms with E-state index in [1.54, 1.807) is 25.7 Å². The predicted molar refractivity (Wildman–Crippen MR) is 98.8 cm³/mol. The zero-order chi connectivity index (χ0) is 20.0. The Hall–Kier alpha value is -1.48. The van der Waals surface area contributed by atoms with E-state index in [2.05, 4.69) is 0 Å². The number of nitrogens with zero attached hydrogens (tertiary/aromatic N) is 1. The summed E-state index contributed by atoms with van der Waals surface area (Å²) in [4.78, 5) is 36.9. The van der Waals surface area contributed by atoms with E-state index in [1.807, 2.05) is 0 Å². The Morgan fingerprint density at radius 3 is 2.54 bits per heavy atom. The van der Waals surface area contributed by atoms with E-state index in [-0.39, 0.29) is 12.8 Å². The Morgan fingerprint density at radius 1 is 1.35 bits per heavy atom. The minimum Gasteiger partial charge on any atom is -0.481 e. The molecular formula is C17H30N2O6S. The molecular weight excluding hydrogens is 360 g/mol. The molecule has 1 heterocycles. The fourth-order valence-electron chi connectivity index (χ4n) is 3.08. The minimum absolute atomic E-state index is 0.0121. The molecule has 0 aromatic heterocycles. The monoisotopic (exact) mass is 390 g/mol. The van der Waals surface area contributed by atoms with E-state index >= 15 is 0 Å². The minimum atomic E-state index is -0.884. The zero-order valence-electron chi connectivity index (χ0n) is 15.9. The molecule has 3 N–H and O–H groups in total. The second-order valence-corrected chi connectivity index (χ2v) is 8.82. The topological polar surface area (TPSA) is 119 Å². The summed E-state index contributed by atoms with van der Waals surface area (Å²) in [5.74, 6) is -0.925. The van der Waals surface area contributed by atoms with E-state index in [4.69, 9.17) is 20.3 Å².